The molecule has 0 aromatic heterocycles. The van der Waals surface area contributed by atoms with Gasteiger partial charge in [-0.2, -0.15) is 0 Å². The van der Waals surface area contributed by atoms with E-state index in [4.69, 9.17) is 67.2 Å². The van der Waals surface area contributed by atoms with E-state index in [0.29, 0.717) is 5.31 Å². The summed E-state index contributed by atoms with van der Waals surface area (Å²) < 4.78 is 352. The molecule has 0 unspecified atom stereocenters. The Morgan fingerprint density at radius 3 is 1.01 bits per heavy atom. The molecule has 8 aromatic rings. The Hall–Kier alpha value is -8.12. The van der Waals surface area contributed by atoms with Crippen LogP contribution in [0.5, 0.6) is 23.0 Å². The Morgan fingerprint density at radius 1 is 0.431 bits per heavy atom. The summed E-state index contributed by atoms with van der Waals surface area (Å²) in [5.41, 5.74) is -1.76. The molecule has 0 aliphatic heterocycles. The quantitative estimate of drug-likeness (QED) is 0.0747. The first-order chi connectivity index (χ1) is 51.7. The molecule has 4 N–H and O–H groups in total. The summed E-state index contributed by atoms with van der Waals surface area (Å²) in [6.45, 7) is -2.91. The van der Waals surface area contributed by atoms with Crippen molar-refractivity contribution in [3.63, 3.8) is 0 Å². The van der Waals surface area contributed by atoms with Gasteiger partial charge in [0.25, 0.3) is 0 Å². The summed E-state index contributed by atoms with van der Waals surface area (Å²) in [4.78, 5) is 45.5. The molecule has 0 aliphatic rings. The van der Waals surface area contributed by atoms with Gasteiger partial charge in [-0.15, -0.1) is 0 Å². The second kappa shape index (κ2) is 28.5. The van der Waals surface area contributed by atoms with Crippen molar-refractivity contribution in [2.24, 2.45) is 0 Å². The van der Waals surface area contributed by atoms with Crippen molar-refractivity contribution in [2.45, 2.75) is 53.3 Å². The van der Waals surface area contributed by atoms with Crippen LogP contribution in [-0.4, -0.2) is 78.0 Å². The number of amides is 4. The van der Waals surface area contributed by atoms with Gasteiger partial charge < -0.3 is 40.2 Å². The third kappa shape index (κ3) is 17.1. The van der Waals surface area contributed by atoms with Crippen LogP contribution in [0.3, 0.4) is 0 Å². The van der Waals surface area contributed by atoms with E-state index in [1.807, 2.05) is 0 Å². The molecule has 0 heterocycles. The largest absolute Gasteiger partial charge is 0.497 e. The van der Waals surface area contributed by atoms with E-state index >= 15 is 0 Å². The van der Waals surface area contributed by atoms with Gasteiger partial charge in [-0.1, -0.05) is 96.7 Å². The van der Waals surface area contributed by atoms with Gasteiger partial charge in [-0.25, -0.2) is 0 Å². The minimum absolute atomic E-state index is 0.0143. The van der Waals surface area contributed by atoms with Crippen LogP contribution in [-0.2, 0) is 44.8 Å². The van der Waals surface area contributed by atoms with Crippen molar-refractivity contribution in [1.29, 1.82) is 0 Å². The maximum absolute atomic E-state index is 11.4. The fourth-order valence-electron chi connectivity index (χ4n) is 5.42. The average molecular weight is 1020 g/mol. The van der Waals surface area contributed by atoms with Gasteiger partial charge in [0.15, 0.2) is 5.65 Å². The van der Waals surface area contributed by atoms with Gasteiger partial charge in [-0.3, -0.25) is 19.2 Å². The number of hydrogen-bond donors (Lipinski definition) is 4. The number of fused-ring (bicyclic) bond motifs is 4. The van der Waals surface area contributed by atoms with Crippen LogP contribution in [0.15, 0.2) is 145 Å². The van der Waals surface area contributed by atoms with E-state index in [9.17, 15) is 19.2 Å². The predicted molar refractivity (Wildman–Crippen MR) is 292 cm³/mol. The molecule has 0 fully saturated rings. The number of carbonyl (C=O) groups excluding carboxylic acids is 4. The lowest BCUT2D eigenvalue weighted by Crippen LogP contribution is -2.22. The summed E-state index contributed by atoms with van der Waals surface area (Å²) >= 11 is 0. The summed E-state index contributed by atoms with van der Waals surface area (Å²) in [5, 5.41) is -2.18. The third-order valence-corrected chi connectivity index (χ3v) is 8.53. The van der Waals surface area contributed by atoms with Gasteiger partial charge in [0, 0.05) is 64.7 Å². The highest BCUT2D eigenvalue weighted by atomic mass is 16.5. The summed E-state index contributed by atoms with van der Waals surface area (Å²) in [7, 11) is -3.80. The fourth-order valence-corrected chi connectivity index (χ4v) is 5.42. The minimum Gasteiger partial charge on any atom is -0.497 e. The van der Waals surface area contributed by atoms with E-state index in [0.717, 1.165) is 27.7 Å². The van der Waals surface area contributed by atoms with E-state index in [2.05, 4.69) is 9.47 Å². The lowest BCUT2D eigenvalue weighted by atomic mass is 10.0. The number of carbonyl (C=O) groups is 4. The van der Waals surface area contributed by atoms with Gasteiger partial charge in [-0.05, 0) is 139 Å². The monoisotopic (exact) mass is 1010 g/mol. The van der Waals surface area contributed by atoms with E-state index in [-0.39, 0.29) is 60.1 Å². The van der Waals surface area contributed by atoms with Crippen molar-refractivity contribution in [3.8, 4) is 23.0 Å². The smallest absolute Gasteiger partial charge is 0.216 e. The van der Waals surface area contributed by atoms with Crippen LogP contribution in [0.2, 0.25) is 5.65 Å². The Morgan fingerprint density at radius 2 is 0.722 bits per heavy atom. The Bertz CT molecular complexity index is 5230. The molecule has 4 amide bonds. The maximum atomic E-state index is 11.4. The zero-order valence-electron chi connectivity index (χ0n) is 80.9. The lowest BCUT2D eigenvalue weighted by molar-refractivity contribution is -0.119. The number of benzene rings is 8. The van der Waals surface area contributed by atoms with E-state index < -0.39 is 279 Å². The van der Waals surface area contributed by atoms with Crippen LogP contribution in [0.4, 0.5) is 0 Å². The lowest BCUT2D eigenvalue weighted by Gasteiger charge is -2.08. The number of nitrogens with one attached hydrogen (secondary N) is 4. The molecule has 12 heteroatoms. The van der Waals surface area contributed by atoms with Gasteiger partial charge in [0.2, 0.25) is 23.6 Å². The molecule has 8 aromatic carbocycles. The number of rotatable bonds is 16. The zero-order chi connectivity index (χ0) is 88.4. The average Bonchev–Trinajstić information content (AvgIpc) is 0.736. The standard InChI is InChI=1S/4C15H17NO2/c4*1-11(17)16-9-8-13-5-3-4-12-6-7-14(18-2)10-15(12)13/h4*3-7,10H,8-9H2,1-2H3,(H,16,17)/i2D3,3D,4D,5D,6D,7D,9D2,10D;2D3,3D,4D,5D,6D,7D,8D2,10D;3D,4D,5D,6D,7D,9D2,10D;3D,4D,5D,6D,7D,8D2,10D/hD4. The molecule has 72 heavy (non-hydrogen) atoms. The van der Waals surface area contributed by atoms with Crippen molar-refractivity contribution in [2.75, 3.05) is 54.4 Å². The molecule has 376 valence electrons. The molecule has 0 bridgehead atoms. The summed E-state index contributed by atoms with van der Waals surface area (Å²) in [6, 6.07) is -15.6. The number of aryl methyl sites for hydroxylation is 2. The molecular formula is C60H68N4O8. The molecule has 12 nitrogen and oxygen atoms in total. The second-order valence-corrected chi connectivity index (χ2v) is 13.6. The highest BCUT2D eigenvalue weighted by Gasteiger charge is 2.07. The second-order valence-electron chi connectivity index (χ2n) is 13.6. The van der Waals surface area contributed by atoms with Gasteiger partial charge >= 0.3 is 0 Å². The summed E-state index contributed by atoms with van der Waals surface area (Å²) in [5.74, 6) is -5.67. The Balaban J connectivity index is 0.000000272. The van der Waals surface area contributed by atoms with Crippen molar-refractivity contribution < 1.29 is 95.9 Å². The van der Waals surface area contributed by atoms with Crippen LogP contribution in [0, 0.1) is 0 Å². The molecule has 0 saturated heterocycles. The van der Waals surface area contributed by atoms with Gasteiger partial charge in [0.05, 0.1) is 69.4 Å². The van der Waals surface area contributed by atoms with Crippen LogP contribution in [0.1, 0.15) is 102 Å². The summed E-state index contributed by atoms with van der Waals surface area (Å²) in [6.07, 6.45) is -6.77. The predicted octanol–water partition coefficient (Wildman–Crippen LogP) is 10.1. The van der Waals surface area contributed by atoms with Crippen LogP contribution < -0.4 is 40.2 Å². The normalized spacial score (nSPS) is 19.8. The third-order valence-electron chi connectivity index (χ3n) is 8.53. The first kappa shape index (κ1) is 20.9. The van der Waals surface area contributed by atoms with Crippen molar-refractivity contribution >= 4 is 66.7 Å². The maximum Gasteiger partial charge on any atom is 0.216 e. The first-order valence-electron chi connectivity index (χ1n) is 41.2. The number of ether oxygens (including phenoxy) is 4. The highest BCUT2D eigenvalue weighted by Crippen LogP contribution is 2.28. The van der Waals surface area contributed by atoms with E-state index in [1.54, 1.807) is 0 Å². The minimum atomic E-state index is -3.10. The van der Waals surface area contributed by atoms with Gasteiger partial charge in [0.1, 0.15) is 23.0 Å². The molecule has 8 rings (SSSR count). The molecular weight excluding hydrogens is 905 g/mol. The molecule has 0 atom stereocenters. The number of methoxy groups -OCH3 is 4. The molecule has 0 radical (unpaired) electrons. The fraction of sp³-hybridized carbons (Fsp3) is 0.267. The topological polar surface area (TPSA) is 153 Å². The van der Waals surface area contributed by atoms with Crippen molar-refractivity contribution in [3.05, 3.63) is 167 Å². The molecule has 0 spiro atoms. The van der Waals surface area contributed by atoms with Crippen LogP contribution >= 0.6 is 0 Å². The van der Waals surface area contributed by atoms with Crippen LogP contribution in [0.25, 0.3) is 43.1 Å². The Labute approximate surface area is 482 Å². The zero-order valence-corrected chi connectivity index (χ0v) is 38.9. The Kier molecular flexibility index (Phi) is 8.29. The molecule has 0 aliphatic carbocycles. The molecule has 0 saturated carbocycles. The highest BCUT2D eigenvalue weighted by molar-refractivity contribution is 5.90. The first-order valence-corrected chi connectivity index (χ1v) is 20.5. The SMILES string of the molecule is [2H]c1c([2H])c(C([2H])([2H])CN([2H])C(C)=O)c2c([2H])c(OC([2H])([2H])[2H])c([2H])c([2H])c2c1[2H].[2H]c1c([2H])c(C([2H])([2H])CN([2H])C(C)=O)c2c([2H])c(OC)c([2H])c([2H])c2c1[2H].[2H]c1c([2H])c(CC([2H])([2H])N([2H])C(C)=O)c2c([2H])c(OC([2H])([2H])[2H])c([2H])c([2H])c2c1[2H].[2H]c1c([2H])c(CC([2H])([2H])N([2H])C(C)=O)c2c([2H])c(OC)c([2H])c([2H])c2c1[2H]. The van der Waals surface area contributed by atoms with Crippen molar-refractivity contribution in [1.82, 2.24) is 21.2 Å². The van der Waals surface area contributed by atoms with E-state index in [1.165, 1.54) is 14.2 Å². The number of hydrogen-bond acceptors (Lipinski definition) is 8.